The van der Waals surface area contributed by atoms with Crippen molar-refractivity contribution in [3.63, 3.8) is 0 Å². The van der Waals surface area contributed by atoms with Gasteiger partial charge in [0.1, 0.15) is 12.4 Å². The van der Waals surface area contributed by atoms with Crippen molar-refractivity contribution in [1.29, 1.82) is 0 Å². The Hall–Kier alpha value is -2.53. The molecule has 0 saturated carbocycles. The van der Waals surface area contributed by atoms with Crippen molar-refractivity contribution in [2.24, 2.45) is 0 Å². The van der Waals surface area contributed by atoms with Gasteiger partial charge in [-0.1, -0.05) is 58.0 Å². The number of rotatable bonds is 7. The molecule has 2 rings (SSSR count). The average Bonchev–Trinajstić information content (AvgIpc) is 2.67. The predicted molar refractivity (Wildman–Crippen MR) is 110 cm³/mol. The Labute approximate surface area is 167 Å². The Kier molecular flexibility index (Phi) is 7.46. The van der Waals surface area contributed by atoms with E-state index in [0.717, 1.165) is 23.1 Å². The van der Waals surface area contributed by atoms with Gasteiger partial charge < -0.3 is 19.9 Å². The Bertz CT molecular complexity index is 777. The Balaban J connectivity index is 2.14. The van der Waals surface area contributed by atoms with Crippen LogP contribution in [0.4, 0.5) is 4.79 Å². The molecule has 1 amide bonds. The molecule has 0 bridgehead atoms. The summed E-state index contributed by atoms with van der Waals surface area (Å²) in [5, 5.41) is 13.5. The van der Waals surface area contributed by atoms with Gasteiger partial charge in [-0.2, -0.15) is 0 Å². The number of hydrogen-bond donors (Lipinski definition) is 2. The summed E-state index contributed by atoms with van der Waals surface area (Å²) in [6.45, 7) is 8.73. The van der Waals surface area contributed by atoms with Gasteiger partial charge in [0.25, 0.3) is 0 Å². The van der Waals surface area contributed by atoms with Gasteiger partial charge in [0, 0.05) is 24.8 Å². The van der Waals surface area contributed by atoms with Gasteiger partial charge in [-0.05, 0) is 35.1 Å². The lowest BCUT2D eigenvalue weighted by Gasteiger charge is -2.25. The van der Waals surface area contributed by atoms with Crippen LogP contribution in [0.3, 0.4) is 0 Å². The van der Waals surface area contributed by atoms with Crippen LogP contribution in [-0.2, 0) is 28.0 Å². The smallest absolute Gasteiger partial charge is 0.407 e. The summed E-state index contributed by atoms with van der Waals surface area (Å²) in [4.78, 5) is 12.1. The number of phenolic OH excluding ortho intramolecular Hbond substituents is 1. The molecule has 0 heterocycles. The van der Waals surface area contributed by atoms with Crippen LogP contribution in [0.15, 0.2) is 42.5 Å². The number of methoxy groups -OCH3 is 1. The van der Waals surface area contributed by atoms with Gasteiger partial charge in [-0.25, -0.2) is 4.79 Å². The van der Waals surface area contributed by atoms with Crippen LogP contribution in [-0.4, -0.2) is 18.3 Å². The standard InChI is InChI=1S/C23H31NO4/c1-6-20(27-5)19-13-18(23(2,3)4)12-17(21(19)25)14-24-22(26)28-15-16-10-8-7-9-11-16/h7-13,20,25H,6,14-15H2,1-5H3,(H,24,26). The summed E-state index contributed by atoms with van der Waals surface area (Å²) in [5.74, 6) is 0.157. The minimum Gasteiger partial charge on any atom is -0.507 e. The maximum absolute atomic E-state index is 12.1. The summed E-state index contributed by atoms with van der Waals surface area (Å²) in [7, 11) is 1.64. The number of nitrogens with one attached hydrogen (secondary N) is 1. The zero-order valence-corrected chi connectivity index (χ0v) is 17.4. The van der Waals surface area contributed by atoms with E-state index in [4.69, 9.17) is 9.47 Å². The molecule has 0 aliphatic rings. The van der Waals surface area contributed by atoms with Crippen LogP contribution < -0.4 is 5.32 Å². The topological polar surface area (TPSA) is 67.8 Å². The largest absolute Gasteiger partial charge is 0.507 e. The molecule has 2 aromatic rings. The SMILES string of the molecule is CCC(OC)c1cc(C(C)(C)C)cc(CNC(=O)OCc2ccccc2)c1O. The van der Waals surface area contributed by atoms with Gasteiger partial charge in [0.15, 0.2) is 0 Å². The molecule has 0 aliphatic carbocycles. The van der Waals surface area contributed by atoms with Gasteiger partial charge >= 0.3 is 6.09 Å². The molecule has 28 heavy (non-hydrogen) atoms. The van der Waals surface area contributed by atoms with Gasteiger partial charge in [0.2, 0.25) is 0 Å². The highest BCUT2D eigenvalue weighted by Crippen LogP contribution is 2.36. The summed E-state index contributed by atoms with van der Waals surface area (Å²) in [6, 6.07) is 13.4. The number of alkyl carbamates (subject to hydrolysis) is 1. The van der Waals surface area contributed by atoms with Crippen LogP contribution in [0.5, 0.6) is 5.75 Å². The van der Waals surface area contributed by atoms with E-state index < -0.39 is 6.09 Å². The molecule has 0 saturated heterocycles. The molecule has 5 heteroatoms. The fraction of sp³-hybridized carbons (Fsp3) is 0.435. The van der Waals surface area contributed by atoms with E-state index in [2.05, 4.69) is 26.1 Å². The zero-order chi connectivity index (χ0) is 20.7. The number of amides is 1. The number of carbonyl (C=O) groups is 1. The molecular formula is C23H31NO4. The van der Waals surface area contributed by atoms with E-state index in [9.17, 15) is 9.90 Å². The lowest BCUT2D eigenvalue weighted by Crippen LogP contribution is -2.24. The minimum absolute atomic E-state index is 0.100. The first-order valence-electron chi connectivity index (χ1n) is 9.59. The quantitative estimate of drug-likeness (QED) is 0.686. The van der Waals surface area contributed by atoms with E-state index in [-0.39, 0.29) is 30.4 Å². The number of phenols is 1. The molecule has 0 fully saturated rings. The van der Waals surface area contributed by atoms with Gasteiger partial charge in [-0.3, -0.25) is 0 Å². The monoisotopic (exact) mass is 385 g/mol. The highest BCUT2D eigenvalue weighted by molar-refractivity contribution is 5.67. The van der Waals surface area contributed by atoms with E-state index in [1.807, 2.05) is 49.4 Å². The van der Waals surface area contributed by atoms with Crippen molar-refractivity contribution < 1.29 is 19.4 Å². The second-order valence-electron chi connectivity index (χ2n) is 7.87. The second-order valence-corrected chi connectivity index (χ2v) is 7.87. The normalized spacial score (nSPS) is 12.5. The Morgan fingerprint density at radius 1 is 1.18 bits per heavy atom. The van der Waals surface area contributed by atoms with Crippen molar-refractivity contribution in [3.05, 3.63) is 64.7 Å². The highest BCUT2D eigenvalue weighted by atomic mass is 16.5. The molecule has 2 N–H and O–H groups in total. The number of benzene rings is 2. The van der Waals surface area contributed by atoms with Crippen LogP contribution >= 0.6 is 0 Å². The van der Waals surface area contributed by atoms with Crippen molar-refractivity contribution >= 4 is 6.09 Å². The van der Waals surface area contributed by atoms with E-state index in [1.165, 1.54) is 0 Å². The summed E-state index contributed by atoms with van der Waals surface area (Å²) >= 11 is 0. The maximum Gasteiger partial charge on any atom is 0.407 e. The lowest BCUT2D eigenvalue weighted by atomic mass is 9.83. The fourth-order valence-corrected chi connectivity index (χ4v) is 2.99. The third kappa shape index (κ3) is 5.73. The van der Waals surface area contributed by atoms with Crippen molar-refractivity contribution in [1.82, 2.24) is 5.32 Å². The van der Waals surface area contributed by atoms with Gasteiger partial charge in [-0.15, -0.1) is 0 Å². The Morgan fingerprint density at radius 2 is 1.86 bits per heavy atom. The Morgan fingerprint density at radius 3 is 2.43 bits per heavy atom. The molecule has 1 unspecified atom stereocenters. The minimum atomic E-state index is -0.523. The highest BCUT2D eigenvalue weighted by Gasteiger charge is 2.22. The first-order chi connectivity index (χ1) is 13.3. The van der Waals surface area contributed by atoms with Crippen LogP contribution in [0.1, 0.15) is 62.5 Å². The third-order valence-corrected chi connectivity index (χ3v) is 4.72. The zero-order valence-electron chi connectivity index (χ0n) is 17.4. The molecular weight excluding hydrogens is 354 g/mol. The number of ether oxygens (including phenoxy) is 2. The summed E-state index contributed by atoms with van der Waals surface area (Å²) in [5.41, 5.74) is 3.28. The molecule has 5 nitrogen and oxygen atoms in total. The predicted octanol–water partition coefficient (Wildman–Crippen LogP) is 5.21. The molecule has 2 aromatic carbocycles. The van der Waals surface area contributed by atoms with Crippen molar-refractivity contribution in [3.8, 4) is 5.75 Å². The van der Waals surface area contributed by atoms with E-state index in [0.29, 0.717) is 5.56 Å². The van der Waals surface area contributed by atoms with Crippen molar-refractivity contribution in [2.75, 3.05) is 7.11 Å². The van der Waals surface area contributed by atoms with Crippen LogP contribution in [0, 0.1) is 0 Å². The van der Waals surface area contributed by atoms with E-state index >= 15 is 0 Å². The fourth-order valence-electron chi connectivity index (χ4n) is 2.99. The average molecular weight is 386 g/mol. The lowest BCUT2D eigenvalue weighted by molar-refractivity contribution is 0.0974. The van der Waals surface area contributed by atoms with Gasteiger partial charge in [0.05, 0.1) is 6.10 Å². The number of hydrogen-bond acceptors (Lipinski definition) is 4. The maximum atomic E-state index is 12.1. The van der Waals surface area contributed by atoms with E-state index in [1.54, 1.807) is 7.11 Å². The van der Waals surface area contributed by atoms with Crippen LogP contribution in [0.2, 0.25) is 0 Å². The first kappa shape index (κ1) is 21.8. The molecule has 0 radical (unpaired) electrons. The molecule has 1 atom stereocenters. The molecule has 0 spiro atoms. The molecule has 152 valence electrons. The molecule has 0 aliphatic heterocycles. The second kappa shape index (κ2) is 9.60. The summed E-state index contributed by atoms with van der Waals surface area (Å²) in [6.07, 6.45) is 0.0136. The molecule has 0 aromatic heterocycles. The number of aromatic hydroxyl groups is 1. The number of carbonyl (C=O) groups excluding carboxylic acids is 1. The summed E-state index contributed by atoms with van der Waals surface area (Å²) < 4.78 is 10.8. The van der Waals surface area contributed by atoms with Crippen LogP contribution in [0.25, 0.3) is 0 Å². The van der Waals surface area contributed by atoms with Crippen molar-refractivity contribution in [2.45, 2.75) is 58.8 Å². The first-order valence-corrected chi connectivity index (χ1v) is 9.59. The third-order valence-electron chi connectivity index (χ3n) is 4.72.